The summed E-state index contributed by atoms with van der Waals surface area (Å²) in [5, 5.41) is 1.04. The van der Waals surface area contributed by atoms with Crippen molar-refractivity contribution in [3.63, 3.8) is 0 Å². The van der Waals surface area contributed by atoms with Gasteiger partial charge in [-0.1, -0.05) is 47.0 Å². The van der Waals surface area contributed by atoms with E-state index in [2.05, 4.69) is 20.9 Å². The Kier molecular flexibility index (Phi) is 6.32. The Hall–Kier alpha value is -1.86. The topological polar surface area (TPSA) is 61.2 Å². The SMILES string of the molecule is O=S(=O)(c1ccccc1)n1ccc2nc(OCCCCCCBr)ccc21. The number of unbranched alkanes of at least 4 members (excludes halogenated alkanes) is 3. The van der Waals surface area contributed by atoms with Gasteiger partial charge in [0, 0.05) is 17.6 Å². The van der Waals surface area contributed by atoms with E-state index in [0.29, 0.717) is 23.5 Å². The third-order valence-electron chi connectivity index (χ3n) is 4.06. The lowest BCUT2D eigenvalue weighted by atomic mass is 10.2. The maximum absolute atomic E-state index is 12.8. The van der Waals surface area contributed by atoms with Crippen molar-refractivity contribution >= 4 is 37.0 Å². The smallest absolute Gasteiger partial charge is 0.268 e. The molecule has 3 rings (SSSR count). The summed E-state index contributed by atoms with van der Waals surface area (Å²) in [6, 6.07) is 13.5. The van der Waals surface area contributed by atoms with Crippen molar-refractivity contribution in [1.29, 1.82) is 0 Å². The number of ether oxygens (including phenoxy) is 1. The molecule has 0 aliphatic carbocycles. The highest BCUT2D eigenvalue weighted by molar-refractivity contribution is 9.09. The van der Waals surface area contributed by atoms with Crippen molar-refractivity contribution in [1.82, 2.24) is 8.96 Å². The predicted molar refractivity (Wildman–Crippen MR) is 107 cm³/mol. The number of alkyl halides is 1. The number of fused-ring (bicyclic) bond motifs is 1. The first-order valence-corrected chi connectivity index (χ1v) is 11.2. The van der Waals surface area contributed by atoms with E-state index in [9.17, 15) is 8.42 Å². The summed E-state index contributed by atoms with van der Waals surface area (Å²) in [4.78, 5) is 4.67. The molecule has 0 spiro atoms. The normalized spacial score (nSPS) is 11.7. The molecule has 5 nitrogen and oxygen atoms in total. The number of benzene rings is 1. The molecule has 0 aliphatic heterocycles. The molecule has 0 saturated heterocycles. The molecular formula is C19H21BrN2O3S. The van der Waals surface area contributed by atoms with Gasteiger partial charge in [0.2, 0.25) is 5.88 Å². The molecule has 0 fully saturated rings. The van der Waals surface area contributed by atoms with E-state index in [-0.39, 0.29) is 4.90 Å². The third kappa shape index (κ3) is 4.27. The fourth-order valence-corrected chi connectivity index (χ4v) is 4.46. The second kappa shape index (κ2) is 8.68. The zero-order valence-corrected chi connectivity index (χ0v) is 16.7. The lowest BCUT2D eigenvalue weighted by molar-refractivity contribution is 0.295. The number of aromatic nitrogens is 2. The van der Waals surface area contributed by atoms with Gasteiger partial charge in [-0.2, -0.15) is 0 Å². The summed E-state index contributed by atoms with van der Waals surface area (Å²) >= 11 is 3.42. The number of halogens is 1. The maximum Gasteiger partial charge on any atom is 0.268 e. The Morgan fingerprint density at radius 3 is 2.50 bits per heavy atom. The molecule has 0 amide bonds. The molecular weight excluding hydrogens is 416 g/mol. The van der Waals surface area contributed by atoms with Gasteiger partial charge in [-0.15, -0.1) is 0 Å². The van der Waals surface area contributed by atoms with Gasteiger partial charge in [0.1, 0.15) is 0 Å². The third-order valence-corrected chi connectivity index (χ3v) is 6.32. The van der Waals surface area contributed by atoms with Crippen LogP contribution in [0, 0.1) is 0 Å². The van der Waals surface area contributed by atoms with Gasteiger partial charge < -0.3 is 4.74 Å². The second-order valence-corrected chi connectivity index (χ2v) is 8.54. The highest BCUT2D eigenvalue weighted by atomic mass is 79.9. The molecule has 0 bridgehead atoms. The Labute approximate surface area is 162 Å². The van der Waals surface area contributed by atoms with E-state index in [1.807, 2.05) is 0 Å². The quantitative estimate of drug-likeness (QED) is 0.363. The molecule has 1 aromatic carbocycles. The van der Waals surface area contributed by atoms with Crippen LogP contribution in [0.3, 0.4) is 0 Å². The van der Waals surface area contributed by atoms with Crippen molar-refractivity contribution in [3.05, 3.63) is 54.7 Å². The molecule has 0 unspecified atom stereocenters. The largest absolute Gasteiger partial charge is 0.478 e. The molecule has 0 saturated carbocycles. The van der Waals surface area contributed by atoms with Crippen molar-refractivity contribution < 1.29 is 13.2 Å². The van der Waals surface area contributed by atoms with Crippen LogP contribution in [0.15, 0.2) is 59.6 Å². The van der Waals surface area contributed by atoms with Crippen molar-refractivity contribution in [2.75, 3.05) is 11.9 Å². The maximum atomic E-state index is 12.8. The molecule has 0 atom stereocenters. The van der Waals surface area contributed by atoms with Crippen molar-refractivity contribution in [2.24, 2.45) is 0 Å². The summed E-state index contributed by atoms with van der Waals surface area (Å²) < 4.78 is 32.5. The molecule has 0 N–H and O–H groups in total. The van der Waals surface area contributed by atoms with Crippen LogP contribution in [0.2, 0.25) is 0 Å². The van der Waals surface area contributed by atoms with Gasteiger partial charge in [0.15, 0.2) is 0 Å². The molecule has 2 heterocycles. The van der Waals surface area contributed by atoms with Gasteiger partial charge in [-0.3, -0.25) is 0 Å². The van der Waals surface area contributed by atoms with Gasteiger partial charge in [0.05, 0.1) is 22.5 Å². The van der Waals surface area contributed by atoms with Crippen LogP contribution in [0.5, 0.6) is 5.88 Å². The van der Waals surface area contributed by atoms with Crippen LogP contribution in [0.4, 0.5) is 0 Å². The van der Waals surface area contributed by atoms with Crippen LogP contribution < -0.4 is 4.74 Å². The minimum atomic E-state index is -3.63. The van der Waals surface area contributed by atoms with Crippen LogP contribution in [0.1, 0.15) is 25.7 Å². The van der Waals surface area contributed by atoms with E-state index in [0.717, 1.165) is 18.2 Å². The van der Waals surface area contributed by atoms with E-state index in [1.54, 1.807) is 48.5 Å². The second-order valence-electron chi connectivity index (χ2n) is 5.94. The van der Waals surface area contributed by atoms with Crippen molar-refractivity contribution in [2.45, 2.75) is 30.6 Å². The standard InChI is InChI=1S/C19H21BrN2O3S/c20-13-6-1-2-7-15-25-19-11-10-18-17(21-19)12-14-22(18)26(23,24)16-8-4-3-5-9-16/h3-5,8-12,14H,1-2,6-7,13,15H2. The van der Waals surface area contributed by atoms with E-state index < -0.39 is 10.0 Å². The summed E-state index contributed by atoms with van der Waals surface area (Å²) in [5.74, 6) is 0.521. The number of pyridine rings is 1. The van der Waals surface area contributed by atoms with E-state index in [1.165, 1.54) is 23.0 Å². The Balaban J connectivity index is 1.73. The molecule has 0 aliphatic rings. The molecule has 2 aromatic heterocycles. The monoisotopic (exact) mass is 436 g/mol. The first-order valence-electron chi connectivity index (χ1n) is 8.60. The minimum absolute atomic E-state index is 0.251. The fourth-order valence-electron chi connectivity index (χ4n) is 2.70. The zero-order chi connectivity index (χ0) is 18.4. The average molecular weight is 437 g/mol. The highest BCUT2D eigenvalue weighted by Crippen LogP contribution is 2.23. The Bertz CT molecular complexity index is 955. The van der Waals surface area contributed by atoms with E-state index in [4.69, 9.17) is 4.74 Å². The van der Waals surface area contributed by atoms with Gasteiger partial charge in [-0.25, -0.2) is 17.4 Å². The van der Waals surface area contributed by atoms with E-state index >= 15 is 0 Å². The van der Waals surface area contributed by atoms with Gasteiger partial charge >= 0.3 is 0 Å². The van der Waals surface area contributed by atoms with Gasteiger partial charge in [-0.05, 0) is 37.1 Å². The summed E-state index contributed by atoms with van der Waals surface area (Å²) in [5.41, 5.74) is 1.14. The van der Waals surface area contributed by atoms with Crippen LogP contribution >= 0.6 is 15.9 Å². The van der Waals surface area contributed by atoms with Crippen LogP contribution in [-0.4, -0.2) is 29.3 Å². The summed E-state index contributed by atoms with van der Waals surface area (Å²) in [6.07, 6.45) is 5.99. The molecule has 3 aromatic rings. The lowest BCUT2D eigenvalue weighted by Crippen LogP contribution is -2.11. The Morgan fingerprint density at radius 2 is 1.73 bits per heavy atom. The number of hydrogen-bond acceptors (Lipinski definition) is 4. The summed E-state index contributed by atoms with van der Waals surface area (Å²) in [6.45, 7) is 0.615. The average Bonchev–Trinajstić information content (AvgIpc) is 3.09. The minimum Gasteiger partial charge on any atom is -0.478 e. The number of rotatable bonds is 9. The molecule has 7 heteroatoms. The lowest BCUT2D eigenvalue weighted by Gasteiger charge is -2.08. The van der Waals surface area contributed by atoms with Gasteiger partial charge in [0.25, 0.3) is 10.0 Å². The van der Waals surface area contributed by atoms with Crippen LogP contribution in [0.25, 0.3) is 11.0 Å². The Morgan fingerprint density at radius 1 is 0.962 bits per heavy atom. The fraction of sp³-hybridized carbons (Fsp3) is 0.316. The number of nitrogens with zero attached hydrogens (tertiary/aromatic N) is 2. The molecule has 26 heavy (non-hydrogen) atoms. The molecule has 0 radical (unpaired) electrons. The summed E-state index contributed by atoms with van der Waals surface area (Å²) in [7, 11) is -3.63. The first-order chi connectivity index (χ1) is 12.6. The highest BCUT2D eigenvalue weighted by Gasteiger charge is 2.19. The first kappa shape index (κ1) is 18.9. The number of hydrogen-bond donors (Lipinski definition) is 0. The predicted octanol–water partition coefficient (Wildman–Crippen LogP) is 4.61. The van der Waals surface area contributed by atoms with Crippen molar-refractivity contribution in [3.8, 4) is 5.88 Å². The zero-order valence-electron chi connectivity index (χ0n) is 14.3. The van der Waals surface area contributed by atoms with Crippen LogP contribution in [-0.2, 0) is 10.0 Å². The molecule has 138 valence electrons.